The molecular weight excluding hydrogens is 224 g/mol. The van der Waals surface area contributed by atoms with Gasteiger partial charge in [-0.25, -0.2) is 0 Å². The van der Waals surface area contributed by atoms with E-state index in [2.05, 4.69) is 50.0 Å². The first-order valence-corrected chi connectivity index (χ1v) is 6.51. The molecule has 0 atom stereocenters. The van der Waals surface area contributed by atoms with Crippen LogP contribution in [0.2, 0.25) is 0 Å². The van der Waals surface area contributed by atoms with Crippen LogP contribution in [0.4, 0.5) is 5.69 Å². The Morgan fingerprint density at radius 2 is 1.72 bits per heavy atom. The minimum Gasteiger partial charge on any atom is -0.497 e. The lowest BCUT2D eigenvalue weighted by Gasteiger charge is -2.51. The first-order valence-electron chi connectivity index (χ1n) is 6.51. The minimum absolute atomic E-state index is 0.129. The Bertz CT molecular complexity index is 409. The number of benzene rings is 1. The van der Waals surface area contributed by atoms with E-state index in [9.17, 15) is 0 Å². The topological polar surface area (TPSA) is 24.5 Å². The van der Waals surface area contributed by atoms with E-state index < -0.39 is 0 Å². The predicted molar refractivity (Wildman–Crippen MR) is 76.5 cm³/mol. The molecule has 1 aromatic rings. The Balaban J connectivity index is 2.27. The van der Waals surface area contributed by atoms with Crippen molar-refractivity contribution in [1.29, 1.82) is 0 Å². The largest absolute Gasteiger partial charge is 0.497 e. The SMILES string of the molecule is COc1ccc(N2CC(C)(C)NCC2(C)C)cc1. The third-order valence-electron chi connectivity index (χ3n) is 3.67. The third-order valence-corrected chi connectivity index (χ3v) is 3.67. The van der Waals surface area contributed by atoms with Gasteiger partial charge in [-0.2, -0.15) is 0 Å². The molecule has 0 bridgehead atoms. The maximum Gasteiger partial charge on any atom is 0.119 e. The fraction of sp³-hybridized carbons (Fsp3) is 0.600. The summed E-state index contributed by atoms with van der Waals surface area (Å²) >= 11 is 0. The molecule has 1 saturated heterocycles. The first-order chi connectivity index (χ1) is 8.34. The highest BCUT2D eigenvalue weighted by atomic mass is 16.5. The lowest BCUT2D eigenvalue weighted by atomic mass is 9.91. The van der Waals surface area contributed by atoms with Crippen molar-refractivity contribution in [2.75, 3.05) is 25.1 Å². The number of rotatable bonds is 2. The molecule has 1 heterocycles. The lowest BCUT2D eigenvalue weighted by molar-refractivity contribution is 0.261. The Morgan fingerprint density at radius 1 is 1.11 bits per heavy atom. The van der Waals surface area contributed by atoms with E-state index in [1.807, 2.05) is 12.1 Å². The Kier molecular flexibility index (Phi) is 3.28. The van der Waals surface area contributed by atoms with E-state index in [0.29, 0.717) is 0 Å². The second-order valence-electron chi connectivity index (χ2n) is 6.33. The van der Waals surface area contributed by atoms with Crippen LogP contribution >= 0.6 is 0 Å². The first kappa shape index (κ1) is 13.2. The highest BCUT2D eigenvalue weighted by Gasteiger charge is 2.37. The summed E-state index contributed by atoms with van der Waals surface area (Å²) in [6.45, 7) is 11.1. The summed E-state index contributed by atoms with van der Waals surface area (Å²) in [6, 6.07) is 8.34. The average molecular weight is 248 g/mol. The van der Waals surface area contributed by atoms with Gasteiger partial charge in [-0.15, -0.1) is 0 Å². The smallest absolute Gasteiger partial charge is 0.119 e. The molecular formula is C15H24N2O. The number of hydrogen-bond donors (Lipinski definition) is 1. The number of anilines is 1. The second-order valence-corrected chi connectivity index (χ2v) is 6.33. The number of hydrogen-bond acceptors (Lipinski definition) is 3. The van der Waals surface area contributed by atoms with Gasteiger partial charge in [0.2, 0.25) is 0 Å². The van der Waals surface area contributed by atoms with Crippen LogP contribution in [-0.2, 0) is 0 Å². The van der Waals surface area contributed by atoms with Crippen LogP contribution in [0.15, 0.2) is 24.3 Å². The second kappa shape index (κ2) is 4.47. The van der Waals surface area contributed by atoms with E-state index in [4.69, 9.17) is 4.74 Å². The van der Waals surface area contributed by atoms with Crippen molar-refractivity contribution in [3.8, 4) is 5.75 Å². The normalized spacial score (nSPS) is 21.7. The molecule has 2 rings (SSSR count). The molecule has 0 radical (unpaired) electrons. The van der Waals surface area contributed by atoms with Gasteiger partial charge < -0.3 is 15.0 Å². The molecule has 0 amide bonds. The van der Waals surface area contributed by atoms with Gasteiger partial charge in [0, 0.05) is 29.9 Å². The summed E-state index contributed by atoms with van der Waals surface area (Å²) in [4.78, 5) is 2.48. The van der Waals surface area contributed by atoms with Crippen LogP contribution in [-0.4, -0.2) is 31.3 Å². The highest BCUT2D eigenvalue weighted by Crippen LogP contribution is 2.30. The summed E-state index contributed by atoms with van der Waals surface area (Å²) in [5, 5.41) is 3.60. The molecule has 1 aromatic carbocycles. The van der Waals surface area contributed by atoms with Crippen molar-refractivity contribution in [2.45, 2.75) is 38.8 Å². The molecule has 0 saturated carbocycles. The summed E-state index contributed by atoms with van der Waals surface area (Å²) < 4.78 is 5.22. The zero-order valence-electron chi connectivity index (χ0n) is 12.1. The van der Waals surface area contributed by atoms with Crippen molar-refractivity contribution in [3.05, 3.63) is 24.3 Å². The number of nitrogens with one attached hydrogen (secondary N) is 1. The summed E-state index contributed by atoms with van der Waals surface area (Å²) in [7, 11) is 1.70. The fourth-order valence-corrected chi connectivity index (χ4v) is 2.42. The number of ether oxygens (including phenoxy) is 1. The highest BCUT2D eigenvalue weighted by molar-refractivity contribution is 5.52. The van der Waals surface area contributed by atoms with Crippen molar-refractivity contribution < 1.29 is 4.74 Å². The summed E-state index contributed by atoms with van der Waals surface area (Å²) in [5.41, 5.74) is 1.54. The summed E-state index contributed by atoms with van der Waals surface area (Å²) in [5.74, 6) is 0.908. The number of methoxy groups -OCH3 is 1. The minimum atomic E-state index is 0.129. The Labute approximate surface area is 110 Å². The quantitative estimate of drug-likeness (QED) is 0.871. The van der Waals surface area contributed by atoms with Crippen LogP contribution < -0.4 is 15.0 Å². The van der Waals surface area contributed by atoms with Crippen LogP contribution in [0.5, 0.6) is 5.75 Å². The van der Waals surface area contributed by atoms with Gasteiger partial charge in [0.15, 0.2) is 0 Å². The molecule has 1 fully saturated rings. The molecule has 3 heteroatoms. The van der Waals surface area contributed by atoms with Crippen LogP contribution in [0.25, 0.3) is 0 Å². The Morgan fingerprint density at radius 3 is 2.28 bits per heavy atom. The standard InChI is InChI=1S/C15H24N2O/c1-14(2)11-17(15(3,4)10-16-14)12-6-8-13(18-5)9-7-12/h6-9,16H,10-11H2,1-5H3. The molecule has 100 valence electrons. The van der Waals surface area contributed by atoms with Gasteiger partial charge in [-0.3, -0.25) is 0 Å². The summed E-state index contributed by atoms with van der Waals surface area (Å²) in [6.07, 6.45) is 0. The van der Waals surface area contributed by atoms with Gasteiger partial charge in [-0.05, 0) is 52.0 Å². The lowest BCUT2D eigenvalue weighted by Crippen LogP contribution is -2.66. The number of nitrogens with zero attached hydrogens (tertiary/aromatic N) is 1. The predicted octanol–water partition coefficient (Wildman–Crippen LogP) is 2.66. The van der Waals surface area contributed by atoms with Crippen LogP contribution in [0.3, 0.4) is 0 Å². The average Bonchev–Trinajstić information content (AvgIpc) is 2.33. The zero-order valence-corrected chi connectivity index (χ0v) is 12.1. The van der Waals surface area contributed by atoms with Crippen molar-refractivity contribution >= 4 is 5.69 Å². The van der Waals surface area contributed by atoms with Crippen molar-refractivity contribution in [2.24, 2.45) is 0 Å². The van der Waals surface area contributed by atoms with Crippen molar-refractivity contribution in [1.82, 2.24) is 5.32 Å². The van der Waals surface area contributed by atoms with Crippen LogP contribution in [0, 0.1) is 0 Å². The van der Waals surface area contributed by atoms with Crippen LogP contribution in [0.1, 0.15) is 27.7 Å². The van der Waals surface area contributed by atoms with Gasteiger partial charge >= 0.3 is 0 Å². The molecule has 1 N–H and O–H groups in total. The van der Waals surface area contributed by atoms with Gasteiger partial charge in [0.05, 0.1) is 7.11 Å². The van der Waals surface area contributed by atoms with E-state index >= 15 is 0 Å². The molecule has 3 nitrogen and oxygen atoms in total. The molecule has 18 heavy (non-hydrogen) atoms. The van der Waals surface area contributed by atoms with Gasteiger partial charge in [0.1, 0.15) is 5.75 Å². The van der Waals surface area contributed by atoms with E-state index in [1.54, 1.807) is 7.11 Å². The molecule has 0 spiro atoms. The van der Waals surface area contributed by atoms with Crippen molar-refractivity contribution in [3.63, 3.8) is 0 Å². The fourth-order valence-electron chi connectivity index (χ4n) is 2.42. The zero-order chi connectivity index (χ0) is 13.4. The molecule has 1 aliphatic heterocycles. The third kappa shape index (κ3) is 2.61. The molecule has 0 unspecified atom stereocenters. The maximum absolute atomic E-state index is 5.22. The van der Waals surface area contributed by atoms with Gasteiger partial charge in [-0.1, -0.05) is 0 Å². The number of piperazine rings is 1. The van der Waals surface area contributed by atoms with E-state index in [0.717, 1.165) is 18.8 Å². The maximum atomic E-state index is 5.22. The molecule has 0 aromatic heterocycles. The van der Waals surface area contributed by atoms with E-state index in [-0.39, 0.29) is 11.1 Å². The van der Waals surface area contributed by atoms with E-state index in [1.165, 1.54) is 5.69 Å². The monoisotopic (exact) mass is 248 g/mol. The Hall–Kier alpha value is -1.22. The van der Waals surface area contributed by atoms with Gasteiger partial charge in [0.25, 0.3) is 0 Å². The molecule has 1 aliphatic rings. The molecule has 0 aliphatic carbocycles.